The van der Waals surface area contributed by atoms with Gasteiger partial charge in [0.1, 0.15) is 11.5 Å². The van der Waals surface area contributed by atoms with Gasteiger partial charge in [-0.1, -0.05) is 18.2 Å². The monoisotopic (exact) mass is 369 g/mol. The molecule has 0 radical (unpaired) electrons. The Morgan fingerprint density at radius 1 is 0.963 bits per heavy atom. The molecule has 0 saturated heterocycles. The van der Waals surface area contributed by atoms with Crippen molar-refractivity contribution in [1.29, 1.82) is 0 Å². The summed E-state index contributed by atoms with van der Waals surface area (Å²) >= 11 is 0. The van der Waals surface area contributed by atoms with Crippen molar-refractivity contribution in [1.82, 2.24) is 0 Å². The highest BCUT2D eigenvalue weighted by atomic mass is 16.6. The number of anilines is 1. The molecule has 0 aromatic heterocycles. The highest BCUT2D eigenvalue weighted by Gasteiger charge is 2.23. The van der Waals surface area contributed by atoms with Crippen LogP contribution in [0.5, 0.6) is 11.5 Å². The molecule has 6 nitrogen and oxygen atoms in total. The zero-order valence-electron chi connectivity index (χ0n) is 15.3. The van der Waals surface area contributed by atoms with Crippen molar-refractivity contribution in [3.05, 3.63) is 54.1 Å². The van der Waals surface area contributed by atoms with Gasteiger partial charge in [0.25, 0.3) is 5.91 Å². The first-order valence-corrected chi connectivity index (χ1v) is 9.07. The summed E-state index contributed by atoms with van der Waals surface area (Å²) < 4.78 is 15.8. The molecule has 0 bridgehead atoms. The molecule has 142 valence electrons. The molecule has 0 saturated carbocycles. The summed E-state index contributed by atoms with van der Waals surface area (Å²) in [4.78, 5) is 26.0. The van der Waals surface area contributed by atoms with E-state index in [2.05, 4.69) is 0 Å². The Morgan fingerprint density at radius 3 is 2.41 bits per heavy atom. The van der Waals surface area contributed by atoms with E-state index in [0.717, 1.165) is 29.8 Å². The van der Waals surface area contributed by atoms with Gasteiger partial charge in [-0.25, -0.2) is 4.79 Å². The first-order chi connectivity index (χ1) is 13.2. The highest BCUT2D eigenvalue weighted by molar-refractivity contribution is 5.96. The van der Waals surface area contributed by atoms with Crippen molar-refractivity contribution in [2.24, 2.45) is 0 Å². The van der Waals surface area contributed by atoms with Gasteiger partial charge < -0.3 is 19.1 Å². The molecule has 1 heterocycles. The predicted octanol–water partition coefficient (Wildman–Crippen LogP) is 2.99. The Bertz CT molecular complexity index is 787. The Kier molecular flexibility index (Phi) is 6.30. The van der Waals surface area contributed by atoms with Crippen LogP contribution in [-0.4, -0.2) is 38.2 Å². The minimum absolute atomic E-state index is 0.225. The zero-order chi connectivity index (χ0) is 19.1. The number of hydrogen-bond donors (Lipinski definition) is 0. The summed E-state index contributed by atoms with van der Waals surface area (Å²) in [7, 11) is 0. The van der Waals surface area contributed by atoms with Crippen LogP contribution in [0.3, 0.4) is 0 Å². The van der Waals surface area contributed by atoms with E-state index in [9.17, 15) is 9.59 Å². The third-order valence-electron chi connectivity index (χ3n) is 4.26. The van der Waals surface area contributed by atoms with Gasteiger partial charge in [-0.2, -0.15) is 0 Å². The maximum absolute atomic E-state index is 12.4. The van der Waals surface area contributed by atoms with E-state index in [4.69, 9.17) is 14.2 Å². The van der Waals surface area contributed by atoms with Gasteiger partial charge in [-0.05, 0) is 55.7 Å². The second-order valence-electron chi connectivity index (χ2n) is 6.13. The lowest BCUT2D eigenvalue weighted by atomic mass is 10.0. The van der Waals surface area contributed by atoms with Crippen LogP contribution in [0.4, 0.5) is 5.69 Å². The number of nitrogens with zero attached hydrogens (tertiary/aromatic N) is 1. The van der Waals surface area contributed by atoms with Crippen molar-refractivity contribution in [3.8, 4) is 11.5 Å². The number of aryl methyl sites for hydroxylation is 1. The summed E-state index contributed by atoms with van der Waals surface area (Å²) in [6.07, 6.45) is 1.85. The third-order valence-corrected chi connectivity index (χ3v) is 4.26. The molecule has 0 atom stereocenters. The van der Waals surface area contributed by atoms with E-state index in [1.807, 2.05) is 31.2 Å². The van der Waals surface area contributed by atoms with Gasteiger partial charge in [0.05, 0.1) is 6.61 Å². The number of hydrogen-bond acceptors (Lipinski definition) is 5. The van der Waals surface area contributed by atoms with E-state index in [-0.39, 0.29) is 19.1 Å². The minimum atomic E-state index is -0.581. The van der Waals surface area contributed by atoms with Crippen LogP contribution in [0, 0.1) is 0 Å². The van der Waals surface area contributed by atoms with E-state index >= 15 is 0 Å². The van der Waals surface area contributed by atoms with E-state index in [1.165, 1.54) is 0 Å². The predicted molar refractivity (Wildman–Crippen MR) is 101 cm³/mol. The number of para-hydroxylation sites is 1. The van der Waals surface area contributed by atoms with E-state index in [1.54, 1.807) is 29.2 Å². The number of ether oxygens (including phenoxy) is 3. The van der Waals surface area contributed by atoms with E-state index in [0.29, 0.717) is 18.9 Å². The van der Waals surface area contributed by atoms with Crippen LogP contribution >= 0.6 is 0 Å². The third kappa shape index (κ3) is 5.00. The van der Waals surface area contributed by atoms with Crippen LogP contribution in [0.15, 0.2) is 48.5 Å². The molecule has 3 rings (SSSR count). The van der Waals surface area contributed by atoms with Gasteiger partial charge in [-0.3, -0.25) is 4.79 Å². The number of esters is 1. The lowest BCUT2D eigenvalue weighted by Crippen LogP contribution is -2.38. The molecular weight excluding hydrogens is 346 g/mol. The summed E-state index contributed by atoms with van der Waals surface area (Å²) in [6.45, 7) is 2.58. The largest absolute Gasteiger partial charge is 0.494 e. The van der Waals surface area contributed by atoms with Gasteiger partial charge in [-0.15, -0.1) is 0 Å². The maximum Gasteiger partial charge on any atom is 0.344 e. The minimum Gasteiger partial charge on any atom is -0.494 e. The van der Waals surface area contributed by atoms with Crippen LogP contribution in [0.1, 0.15) is 18.9 Å². The molecule has 1 aliphatic rings. The summed E-state index contributed by atoms with van der Waals surface area (Å²) in [5, 5.41) is 0. The van der Waals surface area contributed by atoms with Crippen molar-refractivity contribution in [2.75, 3.05) is 31.3 Å². The van der Waals surface area contributed by atoms with Gasteiger partial charge >= 0.3 is 5.97 Å². The fraction of sp³-hybridized carbons (Fsp3) is 0.333. The lowest BCUT2D eigenvalue weighted by Gasteiger charge is -2.29. The highest BCUT2D eigenvalue weighted by Crippen LogP contribution is 2.26. The van der Waals surface area contributed by atoms with Gasteiger partial charge in [0, 0.05) is 12.2 Å². The van der Waals surface area contributed by atoms with Crippen LogP contribution in [-0.2, 0) is 20.7 Å². The molecule has 27 heavy (non-hydrogen) atoms. The molecule has 1 amide bonds. The molecule has 6 heteroatoms. The summed E-state index contributed by atoms with van der Waals surface area (Å²) in [6, 6.07) is 14.8. The maximum atomic E-state index is 12.4. The van der Waals surface area contributed by atoms with Crippen molar-refractivity contribution >= 4 is 17.6 Å². The molecule has 2 aromatic carbocycles. The Labute approximate surface area is 158 Å². The van der Waals surface area contributed by atoms with E-state index < -0.39 is 5.97 Å². The molecule has 0 aliphatic carbocycles. The second kappa shape index (κ2) is 9.07. The number of carbonyl (C=O) groups excluding carboxylic acids is 2. The van der Waals surface area contributed by atoms with Crippen molar-refractivity contribution in [2.45, 2.75) is 19.8 Å². The SMILES string of the molecule is CCOc1ccc(OCC(=O)OCC(=O)N2CCCc3ccccc32)cc1. The van der Waals surface area contributed by atoms with Gasteiger partial charge in [0.2, 0.25) is 0 Å². The average molecular weight is 369 g/mol. The number of fused-ring (bicyclic) bond motifs is 1. The molecule has 0 N–H and O–H groups in total. The molecular formula is C21H23NO5. The van der Waals surface area contributed by atoms with Crippen LogP contribution < -0.4 is 14.4 Å². The lowest BCUT2D eigenvalue weighted by molar-refractivity contribution is -0.149. The number of carbonyl (C=O) groups is 2. The Balaban J connectivity index is 1.46. The van der Waals surface area contributed by atoms with Crippen molar-refractivity contribution in [3.63, 3.8) is 0 Å². The second-order valence-corrected chi connectivity index (χ2v) is 6.13. The molecule has 0 fully saturated rings. The average Bonchev–Trinajstić information content (AvgIpc) is 2.71. The first kappa shape index (κ1) is 18.8. The summed E-state index contributed by atoms with van der Waals surface area (Å²) in [5.41, 5.74) is 2.04. The Morgan fingerprint density at radius 2 is 1.67 bits per heavy atom. The fourth-order valence-corrected chi connectivity index (χ4v) is 3.00. The zero-order valence-corrected chi connectivity index (χ0v) is 15.3. The molecule has 0 unspecified atom stereocenters. The fourth-order valence-electron chi connectivity index (χ4n) is 3.00. The first-order valence-electron chi connectivity index (χ1n) is 9.07. The molecule has 1 aliphatic heterocycles. The smallest absolute Gasteiger partial charge is 0.344 e. The number of benzene rings is 2. The molecule has 0 spiro atoms. The standard InChI is InChI=1S/C21H23NO5/c1-2-25-17-9-11-18(12-10-17)26-15-21(24)27-14-20(23)22-13-5-7-16-6-3-4-8-19(16)22/h3-4,6,8-12H,2,5,7,13-15H2,1H3. The normalized spacial score (nSPS) is 12.9. The number of amides is 1. The van der Waals surface area contributed by atoms with Crippen LogP contribution in [0.25, 0.3) is 0 Å². The summed E-state index contributed by atoms with van der Waals surface area (Å²) in [5.74, 6) is 0.464. The van der Waals surface area contributed by atoms with Crippen LogP contribution in [0.2, 0.25) is 0 Å². The Hall–Kier alpha value is -3.02. The topological polar surface area (TPSA) is 65.1 Å². The molecule has 2 aromatic rings. The van der Waals surface area contributed by atoms with Gasteiger partial charge in [0.15, 0.2) is 13.2 Å². The van der Waals surface area contributed by atoms with Crippen molar-refractivity contribution < 1.29 is 23.8 Å². The number of rotatable bonds is 7. The quantitative estimate of drug-likeness (QED) is 0.702.